The van der Waals surface area contributed by atoms with Crippen LogP contribution in [0.2, 0.25) is 0 Å². The maximum Gasteiger partial charge on any atom is 0.266 e. The van der Waals surface area contributed by atoms with E-state index in [0.29, 0.717) is 5.78 Å². The zero-order chi connectivity index (χ0) is 6.97. The van der Waals surface area contributed by atoms with E-state index in [9.17, 15) is 0 Å². The van der Waals surface area contributed by atoms with E-state index in [1.165, 1.54) is 6.39 Å². The van der Waals surface area contributed by atoms with Crippen molar-refractivity contribution < 1.29 is 4.52 Å². The smallest absolute Gasteiger partial charge is 0.266 e. The summed E-state index contributed by atoms with van der Waals surface area (Å²) >= 11 is 0. The van der Waals surface area contributed by atoms with Crippen LogP contribution in [0.25, 0.3) is 5.78 Å². The Kier molecular flexibility index (Phi) is 1.00. The van der Waals surface area contributed by atoms with E-state index >= 15 is 0 Å². The highest BCUT2D eigenvalue weighted by Crippen LogP contribution is 2.03. The molecule has 0 aliphatic rings. The Morgan fingerprint density at radius 2 is 2.50 bits per heavy atom. The van der Waals surface area contributed by atoms with E-state index < -0.39 is 0 Å². The van der Waals surface area contributed by atoms with Crippen LogP contribution >= 0.6 is 0 Å². The van der Waals surface area contributed by atoms with Gasteiger partial charge in [-0.1, -0.05) is 6.92 Å². The van der Waals surface area contributed by atoms with Crippen LogP contribution in [0.4, 0.5) is 0 Å². The average molecular weight is 137 g/mol. The Morgan fingerprint density at radius 1 is 1.60 bits per heavy atom. The number of hydrogen-bond donors (Lipinski definition) is 0. The number of fused-ring (bicyclic) bond motifs is 1. The van der Waals surface area contributed by atoms with Gasteiger partial charge in [0, 0.05) is 0 Å². The van der Waals surface area contributed by atoms with Crippen LogP contribution in [0.1, 0.15) is 12.6 Å². The summed E-state index contributed by atoms with van der Waals surface area (Å²) in [5.74, 6) is 0.636. The molecule has 0 radical (unpaired) electrons. The summed E-state index contributed by atoms with van der Waals surface area (Å²) in [6, 6.07) is 0. The minimum absolute atomic E-state index is 0.636. The monoisotopic (exact) mass is 137 g/mol. The number of hydrogen-bond acceptors (Lipinski definition) is 3. The summed E-state index contributed by atoms with van der Waals surface area (Å²) in [6.45, 7) is 2.05. The molecule has 2 aromatic heterocycles. The van der Waals surface area contributed by atoms with Crippen molar-refractivity contribution in [2.45, 2.75) is 13.3 Å². The van der Waals surface area contributed by atoms with Crippen molar-refractivity contribution in [2.24, 2.45) is 0 Å². The van der Waals surface area contributed by atoms with Crippen molar-refractivity contribution >= 4 is 5.78 Å². The maximum atomic E-state index is 5.02. The summed E-state index contributed by atoms with van der Waals surface area (Å²) in [5, 5.41) is 0. The van der Waals surface area contributed by atoms with Gasteiger partial charge in [0.1, 0.15) is 0 Å². The molecular formula is C6H7N3O. The second-order valence-electron chi connectivity index (χ2n) is 2.04. The first-order valence-corrected chi connectivity index (χ1v) is 3.18. The van der Waals surface area contributed by atoms with E-state index in [1.54, 1.807) is 10.8 Å². The SMILES string of the molecule is CCc1cnc2ncon12. The minimum Gasteiger partial charge on any atom is -0.360 e. The number of aryl methyl sites for hydroxylation is 1. The first kappa shape index (κ1) is 5.46. The summed E-state index contributed by atoms with van der Waals surface area (Å²) in [7, 11) is 0. The molecular weight excluding hydrogens is 130 g/mol. The standard InChI is InChI=1S/C6H7N3O/c1-2-5-3-7-6-8-4-10-9(5)6/h3-4H,2H2,1H3. The van der Waals surface area contributed by atoms with E-state index in [1.807, 2.05) is 6.92 Å². The van der Waals surface area contributed by atoms with Crippen molar-refractivity contribution in [3.63, 3.8) is 0 Å². The molecule has 4 heteroatoms. The largest absolute Gasteiger partial charge is 0.360 e. The van der Waals surface area contributed by atoms with Crippen LogP contribution in [0.3, 0.4) is 0 Å². The number of rotatable bonds is 1. The molecule has 2 aromatic rings. The number of aromatic nitrogens is 3. The van der Waals surface area contributed by atoms with Gasteiger partial charge in [0.25, 0.3) is 5.78 Å². The van der Waals surface area contributed by atoms with E-state index in [-0.39, 0.29) is 0 Å². The van der Waals surface area contributed by atoms with Gasteiger partial charge in [0.05, 0.1) is 11.9 Å². The molecule has 0 saturated heterocycles. The molecule has 0 aliphatic carbocycles. The molecule has 2 rings (SSSR count). The fourth-order valence-corrected chi connectivity index (χ4v) is 0.919. The lowest BCUT2D eigenvalue weighted by Gasteiger charge is -1.85. The predicted molar refractivity (Wildman–Crippen MR) is 34.6 cm³/mol. The Labute approximate surface area is 57.5 Å². The molecule has 10 heavy (non-hydrogen) atoms. The third kappa shape index (κ3) is 0.556. The molecule has 2 heterocycles. The lowest BCUT2D eigenvalue weighted by Crippen LogP contribution is -1.84. The second kappa shape index (κ2) is 1.83. The number of nitrogens with zero attached hydrogens (tertiary/aromatic N) is 3. The highest BCUT2D eigenvalue weighted by atomic mass is 16.5. The van der Waals surface area contributed by atoms with Crippen LogP contribution in [0, 0.1) is 0 Å². The van der Waals surface area contributed by atoms with E-state index in [4.69, 9.17) is 4.52 Å². The van der Waals surface area contributed by atoms with Crippen molar-refractivity contribution in [3.05, 3.63) is 18.3 Å². The molecule has 4 nitrogen and oxygen atoms in total. The van der Waals surface area contributed by atoms with Gasteiger partial charge in [-0.25, -0.2) is 4.98 Å². The third-order valence-electron chi connectivity index (χ3n) is 1.45. The maximum absolute atomic E-state index is 5.02. The molecule has 0 aromatic carbocycles. The lowest BCUT2D eigenvalue weighted by atomic mass is 10.4. The van der Waals surface area contributed by atoms with E-state index in [0.717, 1.165) is 12.1 Å². The Hall–Kier alpha value is -1.32. The van der Waals surface area contributed by atoms with Crippen LogP contribution in [0.5, 0.6) is 0 Å². The first-order valence-electron chi connectivity index (χ1n) is 3.18. The molecule has 0 aliphatic heterocycles. The fourth-order valence-electron chi connectivity index (χ4n) is 0.919. The average Bonchev–Trinajstić information content (AvgIpc) is 2.44. The Bertz CT molecular complexity index is 335. The lowest BCUT2D eigenvalue weighted by molar-refractivity contribution is 0.364. The highest BCUT2D eigenvalue weighted by Gasteiger charge is 2.02. The van der Waals surface area contributed by atoms with Gasteiger partial charge in [0.15, 0.2) is 0 Å². The van der Waals surface area contributed by atoms with Crippen molar-refractivity contribution in [2.75, 3.05) is 0 Å². The molecule has 0 N–H and O–H groups in total. The molecule has 0 amide bonds. The molecule has 0 saturated carbocycles. The van der Waals surface area contributed by atoms with Gasteiger partial charge in [-0.15, -0.1) is 4.57 Å². The Balaban J connectivity index is 2.76. The minimum atomic E-state index is 0.636. The Morgan fingerprint density at radius 3 is 3.30 bits per heavy atom. The van der Waals surface area contributed by atoms with Gasteiger partial charge < -0.3 is 4.52 Å². The van der Waals surface area contributed by atoms with E-state index in [2.05, 4.69) is 9.97 Å². The third-order valence-corrected chi connectivity index (χ3v) is 1.45. The van der Waals surface area contributed by atoms with Gasteiger partial charge in [-0.3, -0.25) is 0 Å². The molecule has 0 bridgehead atoms. The van der Waals surface area contributed by atoms with Crippen LogP contribution < -0.4 is 0 Å². The molecule has 0 unspecified atom stereocenters. The summed E-state index contributed by atoms with van der Waals surface area (Å²) < 4.78 is 6.65. The van der Waals surface area contributed by atoms with Gasteiger partial charge in [-0.05, 0) is 6.42 Å². The van der Waals surface area contributed by atoms with Crippen molar-refractivity contribution in [1.82, 2.24) is 14.5 Å². The van der Waals surface area contributed by atoms with Crippen LogP contribution in [-0.4, -0.2) is 14.5 Å². The quantitative estimate of drug-likeness (QED) is 0.586. The summed E-state index contributed by atoms with van der Waals surface area (Å²) in [4.78, 5) is 7.88. The summed E-state index contributed by atoms with van der Waals surface area (Å²) in [5.41, 5.74) is 1.05. The fraction of sp³-hybridized carbons (Fsp3) is 0.333. The number of imidazole rings is 1. The van der Waals surface area contributed by atoms with Crippen LogP contribution in [-0.2, 0) is 6.42 Å². The molecule has 0 fully saturated rings. The normalized spacial score (nSPS) is 10.9. The van der Waals surface area contributed by atoms with Crippen molar-refractivity contribution in [3.8, 4) is 0 Å². The topological polar surface area (TPSA) is 43.3 Å². The van der Waals surface area contributed by atoms with Gasteiger partial charge >= 0.3 is 0 Å². The zero-order valence-electron chi connectivity index (χ0n) is 5.61. The van der Waals surface area contributed by atoms with Crippen LogP contribution in [0.15, 0.2) is 17.1 Å². The highest BCUT2D eigenvalue weighted by molar-refractivity contribution is 5.26. The predicted octanol–water partition coefficient (Wildman–Crippen LogP) is 0.885. The summed E-state index contributed by atoms with van der Waals surface area (Å²) in [6.07, 6.45) is 4.07. The zero-order valence-corrected chi connectivity index (χ0v) is 5.61. The molecule has 0 atom stereocenters. The molecule has 52 valence electrons. The van der Waals surface area contributed by atoms with Crippen molar-refractivity contribution in [1.29, 1.82) is 0 Å². The van der Waals surface area contributed by atoms with Gasteiger partial charge in [0.2, 0.25) is 6.39 Å². The van der Waals surface area contributed by atoms with Gasteiger partial charge in [-0.2, -0.15) is 4.98 Å². The molecule has 0 spiro atoms. The second-order valence-corrected chi connectivity index (χ2v) is 2.04. The first-order chi connectivity index (χ1) is 4.92.